The molecule has 0 spiro atoms. The molecule has 2 heterocycles. The first-order valence-corrected chi connectivity index (χ1v) is 17.8. The quantitative estimate of drug-likeness (QED) is 0.163. The minimum absolute atomic E-state index is 0.0264. The number of rotatable bonds is 14. The summed E-state index contributed by atoms with van der Waals surface area (Å²) >= 11 is 1.55. The van der Waals surface area contributed by atoms with Crippen LogP contribution in [0.2, 0.25) is 0 Å². The zero-order valence-electron chi connectivity index (χ0n) is 28.5. The number of anilines is 1. The molecule has 10 nitrogen and oxygen atoms in total. The Morgan fingerprint density at radius 1 is 1.00 bits per heavy atom. The van der Waals surface area contributed by atoms with Gasteiger partial charge in [0.25, 0.3) is 5.91 Å². The predicted molar refractivity (Wildman–Crippen MR) is 188 cm³/mol. The standard InChI is InChI=1S/C36H51N5O5S/c1-6-39(28-13-11-12-25(2)22-28)32(42)24-40-29-18-21-47-31(29)23-30(40)34(44)38-27-16-14-26(15-17-27)33(43)37-19-9-7-8-10-20-41(35(45)46)36(3,4)5/h11-13,18,21-23,26-27H,6-10,14-17,19-20,24H2,1-5H3,(H,37,43)(H,38,44)(H,45,46). The summed E-state index contributed by atoms with van der Waals surface area (Å²) in [5, 5.41) is 17.6. The van der Waals surface area contributed by atoms with Crippen molar-refractivity contribution < 1.29 is 24.3 Å². The normalized spacial score (nSPS) is 16.5. The van der Waals surface area contributed by atoms with Gasteiger partial charge in [0.2, 0.25) is 11.8 Å². The van der Waals surface area contributed by atoms with E-state index in [1.807, 2.05) is 81.0 Å². The van der Waals surface area contributed by atoms with E-state index in [1.54, 1.807) is 16.2 Å². The average molecular weight is 666 g/mol. The van der Waals surface area contributed by atoms with Crippen LogP contribution in [0.3, 0.4) is 0 Å². The zero-order valence-corrected chi connectivity index (χ0v) is 29.3. The lowest BCUT2D eigenvalue weighted by atomic mass is 9.85. The van der Waals surface area contributed by atoms with E-state index in [2.05, 4.69) is 10.6 Å². The summed E-state index contributed by atoms with van der Waals surface area (Å²) in [7, 11) is 0. The van der Waals surface area contributed by atoms with E-state index in [-0.39, 0.29) is 36.2 Å². The van der Waals surface area contributed by atoms with Crippen LogP contribution in [0.1, 0.15) is 95.1 Å². The number of carbonyl (C=O) groups excluding carboxylic acids is 3. The average Bonchev–Trinajstić information content (AvgIpc) is 3.61. The molecule has 0 unspecified atom stereocenters. The van der Waals surface area contributed by atoms with Crippen LogP contribution in [0.4, 0.5) is 10.5 Å². The van der Waals surface area contributed by atoms with Crippen LogP contribution in [0.5, 0.6) is 0 Å². The van der Waals surface area contributed by atoms with Crippen molar-refractivity contribution in [3.63, 3.8) is 0 Å². The zero-order chi connectivity index (χ0) is 34.1. The molecule has 47 heavy (non-hydrogen) atoms. The van der Waals surface area contributed by atoms with Crippen LogP contribution in [0.25, 0.3) is 10.2 Å². The first kappa shape index (κ1) is 36.0. The van der Waals surface area contributed by atoms with Gasteiger partial charge >= 0.3 is 6.09 Å². The first-order chi connectivity index (χ1) is 22.4. The van der Waals surface area contributed by atoms with Gasteiger partial charge in [-0.15, -0.1) is 11.3 Å². The summed E-state index contributed by atoms with van der Waals surface area (Å²) in [6, 6.07) is 11.7. The lowest BCUT2D eigenvalue weighted by molar-refractivity contribution is -0.126. The molecule has 0 radical (unpaired) electrons. The fourth-order valence-electron chi connectivity index (χ4n) is 6.44. The monoisotopic (exact) mass is 665 g/mol. The van der Waals surface area contributed by atoms with E-state index in [0.717, 1.165) is 60.0 Å². The first-order valence-electron chi connectivity index (χ1n) is 16.9. The Kier molecular flexibility index (Phi) is 12.5. The maximum Gasteiger partial charge on any atom is 0.407 e. The Labute approximate surface area is 282 Å². The summed E-state index contributed by atoms with van der Waals surface area (Å²) < 4.78 is 2.79. The van der Waals surface area contributed by atoms with Crippen LogP contribution in [-0.2, 0) is 16.1 Å². The van der Waals surface area contributed by atoms with Gasteiger partial charge in [-0.05, 0) is 108 Å². The van der Waals surface area contributed by atoms with Crippen molar-refractivity contribution in [1.29, 1.82) is 0 Å². The van der Waals surface area contributed by atoms with Gasteiger partial charge in [-0.1, -0.05) is 25.0 Å². The number of carboxylic acid groups (broad SMARTS) is 1. The van der Waals surface area contributed by atoms with Crippen LogP contribution >= 0.6 is 11.3 Å². The molecule has 0 bridgehead atoms. The van der Waals surface area contributed by atoms with E-state index in [0.29, 0.717) is 38.2 Å². The molecular weight excluding hydrogens is 614 g/mol. The number of unbranched alkanes of at least 4 members (excludes halogenated alkanes) is 3. The third-order valence-corrected chi connectivity index (χ3v) is 9.91. The van der Waals surface area contributed by atoms with E-state index in [4.69, 9.17) is 0 Å². The molecule has 11 heteroatoms. The summed E-state index contributed by atoms with van der Waals surface area (Å²) in [5.41, 5.74) is 2.87. The minimum atomic E-state index is -0.891. The second kappa shape index (κ2) is 16.3. The van der Waals surface area contributed by atoms with Crippen molar-refractivity contribution in [2.45, 2.75) is 104 Å². The van der Waals surface area contributed by atoms with Crippen LogP contribution in [0, 0.1) is 12.8 Å². The number of amides is 4. The molecule has 4 rings (SSSR count). The second-order valence-corrected chi connectivity index (χ2v) is 14.5. The van der Waals surface area contributed by atoms with Crippen LogP contribution in [-0.4, -0.2) is 69.6 Å². The fraction of sp³-hybridized carbons (Fsp3) is 0.556. The number of fused-ring (bicyclic) bond motifs is 1. The van der Waals surface area contributed by atoms with Crippen molar-refractivity contribution in [1.82, 2.24) is 20.1 Å². The molecule has 0 aliphatic heterocycles. The molecule has 1 aromatic carbocycles. The molecule has 1 fully saturated rings. The smallest absolute Gasteiger partial charge is 0.407 e. The van der Waals surface area contributed by atoms with E-state index in [1.165, 1.54) is 4.90 Å². The molecule has 1 saturated carbocycles. The van der Waals surface area contributed by atoms with Gasteiger partial charge in [-0.25, -0.2) is 4.79 Å². The number of carbonyl (C=O) groups is 4. The molecule has 256 valence electrons. The highest BCUT2D eigenvalue weighted by Crippen LogP contribution is 2.28. The number of likely N-dealkylation sites (N-methyl/N-ethyl adjacent to an activating group) is 1. The summed E-state index contributed by atoms with van der Waals surface area (Å²) in [4.78, 5) is 54.6. The Morgan fingerprint density at radius 2 is 1.72 bits per heavy atom. The van der Waals surface area contributed by atoms with Crippen molar-refractivity contribution in [2.75, 3.05) is 24.5 Å². The van der Waals surface area contributed by atoms with Crippen molar-refractivity contribution in [3.8, 4) is 0 Å². The largest absolute Gasteiger partial charge is 0.465 e. The maximum absolute atomic E-state index is 13.6. The Balaban J connectivity index is 1.23. The number of hydrogen-bond acceptors (Lipinski definition) is 5. The molecular formula is C36H51N5O5S. The van der Waals surface area contributed by atoms with Gasteiger partial charge in [0.15, 0.2) is 0 Å². The van der Waals surface area contributed by atoms with Gasteiger partial charge in [0.05, 0.1) is 10.2 Å². The van der Waals surface area contributed by atoms with Gasteiger partial charge in [0.1, 0.15) is 12.2 Å². The number of hydrogen-bond donors (Lipinski definition) is 3. The Bertz CT molecular complexity index is 1530. The molecule has 1 aliphatic rings. The number of nitrogens with one attached hydrogen (secondary N) is 2. The molecule has 0 saturated heterocycles. The number of nitrogens with zero attached hydrogens (tertiary/aromatic N) is 3. The minimum Gasteiger partial charge on any atom is -0.465 e. The van der Waals surface area contributed by atoms with Crippen LogP contribution < -0.4 is 15.5 Å². The van der Waals surface area contributed by atoms with E-state index >= 15 is 0 Å². The van der Waals surface area contributed by atoms with Crippen molar-refractivity contribution in [2.24, 2.45) is 5.92 Å². The maximum atomic E-state index is 13.6. The highest BCUT2D eigenvalue weighted by molar-refractivity contribution is 7.17. The Morgan fingerprint density at radius 3 is 2.38 bits per heavy atom. The summed E-state index contributed by atoms with van der Waals surface area (Å²) in [6.07, 6.45) is 5.50. The lowest BCUT2D eigenvalue weighted by Crippen LogP contribution is -2.45. The van der Waals surface area contributed by atoms with Crippen molar-refractivity contribution in [3.05, 3.63) is 53.0 Å². The van der Waals surface area contributed by atoms with E-state index in [9.17, 15) is 24.3 Å². The number of aromatic nitrogens is 1. The Hall–Kier alpha value is -3.86. The second-order valence-electron chi connectivity index (χ2n) is 13.6. The highest BCUT2D eigenvalue weighted by Gasteiger charge is 2.29. The molecule has 3 N–H and O–H groups in total. The number of thiophene rings is 1. The summed E-state index contributed by atoms with van der Waals surface area (Å²) in [5.74, 6) is -0.261. The topological polar surface area (TPSA) is 124 Å². The third kappa shape index (κ3) is 9.59. The van der Waals surface area contributed by atoms with Gasteiger partial charge in [-0.2, -0.15) is 0 Å². The van der Waals surface area contributed by atoms with Gasteiger partial charge in [0, 0.05) is 42.8 Å². The van der Waals surface area contributed by atoms with Crippen molar-refractivity contribution >= 4 is 51.1 Å². The predicted octanol–water partition coefficient (Wildman–Crippen LogP) is 6.81. The number of aryl methyl sites for hydroxylation is 1. The number of benzene rings is 1. The summed E-state index contributed by atoms with van der Waals surface area (Å²) in [6.45, 7) is 11.4. The SMILES string of the molecule is CCN(C(=O)Cn1c(C(=O)NC2CCC(C(=O)NCCCCCCN(C(=O)O)C(C)(C)C)CC2)cc2sccc21)c1cccc(C)c1. The van der Waals surface area contributed by atoms with Gasteiger partial charge < -0.3 is 30.1 Å². The lowest BCUT2D eigenvalue weighted by Gasteiger charge is -2.33. The van der Waals surface area contributed by atoms with Gasteiger partial charge in [-0.3, -0.25) is 14.4 Å². The fourth-order valence-corrected chi connectivity index (χ4v) is 7.26. The van der Waals surface area contributed by atoms with Crippen LogP contribution in [0.15, 0.2) is 41.8 Å². The molecule has 3 aromatic rings. The highest BCUT2D eigenvalue weighted by atomic mass is 32.1. The molecule has 2 aromatic heterocycles. The third-order valence-electron chi connectivity index (χ3n) is 9.06. The molecule has 4 amide bonds. The molecule has 1 aliphatic carbocycles. The van der Waals surface area contributed by atoms with E-state index < -0.39 is 11.6 Å². The molecule has 0 atom stereocenters.